The molecule has 25 heavy (non-hydrogen) atoms. The van der Waals surface area contributed by atoms with Gasteiger partial charge in [0.05, 0.1) is 17.0 Å². The van der Waals surface area contributed by atoms with Crippen molar-refractivity contribution >= 4 is 34.0 Å². The molecule has 2 heterocycles. The minimum absolute atomic E-state index is 0.171. The lowest BCUT2D eigenvalue weighted by atomic mass is 10.0. The van der Waals surface area contributed by atoms with E-state index in [0.717, 1.165) is 21.9 Å². The van der Waals surface area contributed by atoms with Crippen molar-refractivity contribution in [2.75, 3.05) is 5.32 Å². The summed E-state index contributed by atoms with van der Waals surface area (Å²) in [7, 11) is 0. The molecule has 0 saturated carbocycles. The van der Waals surface area contributed by atoms with Crippen LogP contribution in [-0.4, -0.2) is 11.6 Å². The van der Waals surface area contributed by atoms with E-state index in [-0.39, 0.29) is 5.91 Å². The monoisotopic (exact) mass is 347 g/mol. The lowest BCUT2D eigenvalue weighted by molar-refractivity contribution is -0.116. The summed E-state index contributed by atoms with van der Waals surface area (Å²) < 4.78 is 0. The van der Waals surface area contributed by atoms with Gasteiger partial charge in [0.2, 0.25) is 0 Å². The second kappa shape index (κ2) is 6.26. The van der Waals surface area contributed by atoms with Gasteiger partial charge in [-0.2, -0.15) is 5.10 Å². The van der Waals surface area contributed by atoms with Gasteiger partial charge in [-0.3, -0.25) is 4.79 Å². The summed E-state index contributed by atoms with van der Waals surface area (Å²) in [5.74, 6) is -0.171. The number of aryl methyl sites for hydroxylation is 1. The molecule has 0 fully saturated rings. The number of benzene rings is 2. The van der Waals surface area contributed by atoms with Gasteiger partial charge in [-0.15, -0.1) is 0 Å². The Morgan fingerprint density at radius 1 is 1.04 bits per heavy atom. The van der Waals surface area contributed by atoms with Crippen LogP contribution < -0.4 is 10.7 Å². The van der Waals surface area contributed by atoms with Crippen molar-refractivity contribution in [3.05, 3.63) is 77.0 Å². The lowest BCUT2D eigenvalue weighted by Gasteiger charge is -2.22. The topological polar surface area (TPSA) is 53.5 Å². The third kappa shape index (κ3) is 2.98. The van der Waals surface area contributed by atoms with E-state index in [9.17, 15) is 4.79 Å². The van der Waals surface area contributed by atoms with Crippen molar-refractivity contribution in [1.82, 2.24) is 5.43 Å². The quantitative estimate of drug-likeness (QED) is 0.796. The number of para-hydroxylation sites is 1. The fourth-order valence-electron chi connectivity index (χ4n) is 2.95. The molecule has 0 aliphatic carbocycles. The predicted molar refractivity (Wildman–Crippen MR) is 103 cm³/mol. The van der Waals surface area contributed by atoms with Gasteiger partial charge in [-0.1, -0.05) is 47.7 Å². The van der Waals surface area contributed by atoms with Crippen molar-refractivity contribution in [3.8, 4) is 0 Å². The molecule has 0 atom stereocenters. The first-order chi connectivity index (χ1) is 12.1. The molecule has 0 unspecified atom stereocenters. The third-order valence-corrected chi connectivity index (χ3v) is 5.19. The normalized spacial score (nSPS) is 18.9. The summed E-state index contributed by atoms with van der Waals surface area (Å²) in [6.45, 7) is 3.93. The maximum atomic E-state index is 12.1. The Balaban J connectivity index is 1.82. The number of rotatable bonds is 2. The number of carbonyl (C=O) groups excluding carboxylic acids is 1. The maximum absolute atomic E-state index is 12.1. The number of allylic oxidation sites excluding steroid dienone is 1. The minimum atomic E-state index is -0.171. The van der Waals surface area contributed by atoms with Gasteiger partial charge in [-0.05, 0) is 38.1 Å². The van der Waals surface area contributed by atoms with Crippen LogP contribution in [0, 0.1) is 6.92 Å². The molecule has 0 radical (unpaired) electrons. The van der Waals surface area contributed by atoms with Crippen molar-refractivity contribution in [1.29, 1.82) is 0 Å². The number of nitrogens with zero attached hydrogens (tertiary/aromatic N) is 1. The van der Waals surface area contributed by atoms with Crippen molar-refractivity contribution < 1.29 is 4.79 Å². The smallest absolute Gasteiger partial charge is 0.275 e. The molecule has 4 rings (SSSR count). The molecule has 2 aromatic carbocycles. The number of hydrazone groups is 1. The summed E-state index contributed by atoms with van der Waals surface area (Å²) in [5.41, 5.74) is 7.95. The molecule has 0 bridgehead atoms. The Hall–Kier alpha value is -2.79. The highest BCUT2D eigenvalue weighted by Crippen LogP contribution is 2.42. The largest absolute Gasteiger partial charge is 0.354 e. The number of fused-ring (bicyclic) bond motifs is 1. The van der Waals surface area contributed by atoms with Crippen molar-refractivity contribution in [2.45, 2.75) is 18.7 Å². The summed E-state index contributed by atoms with van der Waals surface area (Å²) in [6.07, 6.45) is 2.04. The third-order valence-electron chi connectivity index (χ3n) is 4.14. The Kier molecular flexibility index (Phi) is 3.93. The molecule has 2 aliphatic rings. The van der Waals surface area contributed by atoms with Crippen LogP contribution in [0.15, 0.2) is 75.9 Å². The Morgan fingerprint density at radius 2 is 1.88 bits per heavy atom. The fraction of sp³-hybridized carbons (Fsp3) is 0.100. The number of nitrogens with one attached hydrogen (secondary N) is 2. The van der Waals surface area contributed by atoms with Crippen LogP contribution >= 0.6 is 11.8 Å². The fourth-order valence-corrected chi connectivity index (χ4v) is 4.06. The van der Waals surface area contributed by atoms with Crippen LogP contribution in [0.3, 0.4) is 0 Å². The number of anilines is 1. The molecule has 2 N–H and O–H groups in total. The zero-order valence-electron chi connectivity index (χ0n) is 14.0. The molecule has 0 saturated heterocycles. The molecular formula is C20H17N3OS. The van der Waals surface area contributed by atoms with E-state index in [4.69, 9.17) is 0 Å². The number of hydrogen-bond acceptors (Lipinski definition) is 4. The van der Waals surface area contributed by atoms with E-state index in [1.165, 1.54) is 10.5 Å². The summed E-state index contributed by atoms with van der Waals surface area (Å²) in [6, 6.07) is 16.6. The van der Waals surface area contributed by atoms with E-state index in [0.29, 0.717) is 11.3 Å². The van der Waals surface area contributed by atoms with E-state index >= 15 is 0 Å². The van der Waals surface area contributed by atoms with Crippen LogP contribution in [0.25, 0.3) is 4.91 Å². The zero-order valence-corrected chi connectivity index (χ0v) is 14.8. The number of hydrogen-bond donors (Lipinski definition) is 2. The van der Waals surface area contributed by atoms with Crippen LogP contribution in [0.1, 0.15) is 18.1 Å². The molecule has 2 aromatic rings. The van der Waals surface area contributed by atoms with E-state index in [2.05, 4.69) is 53.1 Å². The average molecular weight is 347 g/mol. The standard InChI is InChI=1S/C20H17N3OS/c1-12-6-5-7-14(10-12)25-18-11-17(19-13(2)22-23-20(19)24)21-16-9-4-3-8-15(16)18/h3-11,21H,1-2H3,(H,23,24)/b19-17-. The van der Waals surface area contributed by atoms with E-state index < -0.39 is 0 Å². The van der Waals surface area contributed by atoms with Crippen LogP contribution in [0.5, 0.6) is 0 Å². The Morgan fingerprint density at radius 3 is 2.64 bits per heavy atom. The van der Waals surface area contributed by atoms with Gasteiger partial charge in [0.1, 0.15) is 0 Å². The molecule has 5 heteroatoms. The Labute approximate surface area is 150 Å². The first kappa shape index (κ1) is 15.7. The highest BCUT2D eigenvalue weighted by Gasteiger charge is 2.26. The van der Waals surface area contributed by atoms with Gasteiger partial charge in [0.15, 0.2) is 0 Å². The maximum Gasteiger partial charge on any atom is 0.275 e. The molecule has 124 valence electrons. The molecule has 0 spiro atoms. The lowest BCUT2D eigenvalue weighted by Crippen LogP contribution is -2.18. The highest BCUT2D eigenvalue weighted by atomic mass is 32.2. The Bertz CT molecular complexity index is 972. The van der Waals surface area contributed by atoms with Gasteiger partial charge in [0, 0.05) is 21.1 Å². The van der Waals surface area contributed by atoms with Crippen LogP contribution in [-0.2, 0) is 4.79 Å². The van der Waals surface area contributed by atoms with E-state index in [1.54, 1.807) is 11.8 Å². The predicted octanol–water partition coefficient (Wildman–Crippen LogP) is 4.31. The van der Waals surface area contributed by atoms with Gasteiger partial charge >= 0.3 is 0 Å². The highest BCUT2D eigenvalue weighted by molar-refractivity contribution is 8.08. The molecule has 2 aliphatic heterocycles. The molecular weight excluding hydrogens is 330 g/mol. The van der Waals surface area contributed by atoms with Gasteiger partial charge in [0.25, 0.3) is 5.91 Å². The first-order valence-electron chi connectivity index (χ1n) is 8.04. The summed E-state index contributed by atoms with van der Waals surface area (Å²) in [5, 5.41) is 7.41. The molecule has 4 nitrogen and oxygen atoms in total. The summed E-state index contributed by atoms with van der Waals surface area (Å²) >= 11 is 1.70. The number of amides is 1. The molecule has 0 aromatic heterocycles. The SMILES string of the molecule is CC1=NNC(=O)/C1=C1/C=C(Sc2cccc(C)c2)c2ccccc2N1. The zero-order chi connectivity index (χ0) is 17.4. The second-order valence-electron chi connectivity index (χ2n) is 6.02. The van der Waals surface area contributed by atoms with Crippen molar-refractivity contribution in [2.24, 2.45) is 5.10 Å². The van der Waals surface area contributed by atoms with Gasteiger partial charge < -0.3 is 5.32 Å². The van der Waals surface area contributed by atoms with Gasteiger partial charge in [-0.25, -0.2) is 5.43 Å². The van der Waals surface area contributed by atoms with Crippen LogP contribution in [0.4, 0.5) is 5.69 Å². The molecule has 1 amide bonds. The minimum Gasteiger partial charge on any atom is -0.354 e. The van der Waals surface area contributed by atoms with Crippen LogP contribution in [0.2, 0.25) is 0 Å². The first-order valence-corrected chi connectivity index (χ1v) is 8.85. The number of carbonyl (C=O) groups is 1. The average Bonchev–Trinajstić information content (AvgIpc) is 2.93. The second-order valence-corrected chi connectivity index (χ2v) is 7.14. The number of thioether (sulfide) groups is 1. The van der Waals surface area contributed by atoms with Crippen molar-refractivity contribution in [3.63, 3.8) is 0 Å². The van der Waals surface area contributed by atoms with E-state index in [1.807, 2.05) is 31.2 Å². The summed E-state index contributed by atoms with van der Waals surface area (Å²) in [4.78, 5) is 14.4.